The molecular weight excluding hydrogens is 320 g/mol. The lowest BCUT2D eigenvalue weighted by Crippen LogP contribution is -2.38. The zero-order valence-corrected chi connectivity index (χ0v) is 14.5. The van der Waals surface area contributed by atoms with Crippen molar-refractivity contribution in [1.82, 2.24) is 10.6 Å². The number of hydrogen-bond donors (Lipinski definition) is 2. The summed E-state index contributed by atoms with van der Waals surface area (Å²) in [5.74, 6) is -0.0514. The SMILES string of the molecule is COC(=O)CCNC(=S)NCC(c1ccccc1)c1ccccc1. The molecule has 0 aromatic heterocycles. The van der Waals surface area contributed by atoms with Gasteiger partial charge in [0, 0.05) is 19.0 Å². The molecule has 0 aliphatic heterocycles. The summed E-state index contributed by atoms with van der Waals surface area (Å²) in [5.41, 5.74) is 2.46. The summed E-state index contributed by atoms with van der Waals surface area (Å²) < 4.78 is 4.60. The zero-order chi connectivity index (χ0) is 17.2. The number of nitrogens with one attached hydrogen (secondary N) is 2. The van der Waals surface area contributed by atoms with Crippen molar-refractivity contribution in [3.05, 3.63) is 71.8 Å². The van der Waals surface area contributed by atoms with E-state index in [0.717, 1.165) is 0 Å². The highest BCUT2D eigenvalue weighted by Gasteiger charge is 2.14. The third-order valence-corrected chi connectivity index (χ3v) is 4.00. The molecule has 0 saturated heterocycles. The average molecular weight is 342 g/mol. The van der Waals surface area contributed by atoms with E-state index in [4.69, 9.17) is 12.2 Å². The molecule has 2 aromatic rings. The summed E-state index contributed by atoms with van der Waals surface area (Å²) in [6.45, 7) is 1.14. The Morgan fingerprint density at radius 3 is 2.04 bits per heavy atom. The van der Waals surface area contributed by atoms with Gasteiger partial charge in [0.2, 0.25) is 0 Å². The van der Waals surface area contributed by atoms with Gasteiger partial charge in [0.05, 0.1) is 13.5 Å². The Morgan fingerprint density at radius 2 is 1.54 bits per heavy atom. The summed E-state index contributed by atoms with van der Waals surface area (Å²) >= 11 is 5.29. The Morgan fingerprint density at radius 1 is 1.00 bits per heavy atom. The number of benzene rings is 2. The topological polar surface area (TPSA) is 50.4 Å². The molecule has 0 amide bonds. The number of thiocarbonyl (C=S) groups is 1. The minimum atomic E-state index is -0.253. The van der Waals surface area contributed by atoms with E-state index in [9.17, 15) is 4.79 Å². The Kier molecular flexibility index (Phi) is 7.23. The first-order valence-corrected chi connectivity index (χ1v) is 8.30. The molecule has 0 radical (unpaired) electrons. The Labute approximate surface area is 148 Å². The molecule has 0 spiro atoms. The molecule has 2 aromatic carbocycles. The summed E-state index contributed by atoms with van der Waals surface area (Å²) in [6.07, 6.45) is 0.291. The van der Waals surface area contributed by atoms with Crippen molar-refractivity contribution in [2.75, 3.05) is 20.2 Å². The second kappa shape index (κ2) is 9.67. The highest BCUT2D eigenvalue weighted by atomic mass is 32.1. The van der Waals surface area contributed by atoms with Crippen LogP contribution in [0.15, 0.2) is 60.7 Å². The molecule has 24 heavy (non-hydrogen) atoms. The molecule has 0 saturated carbocycles. The van der Waals surface area contributed by atoms with Gasteiger partial charge in [-0.2, -0.15) is 0 Å². The summed E-state index contributed by atoms with van der Waals surface area (Å²) in [4.78, 5) is 11.1. The Balaban J connectivity index is 1.94. The maximum atomic E-state index is 11.1. The van der Waals surface area contributed by atoms with Crippen LogP contribution in [0.25, 0.3) is 0 Å². The van der Waals surface area contributed by atoms with Crippen LogP contribution in [-0.2, 0) is 9.53 Å². The maximum absolute atomic E-state index is 11.1. The highest BCUT2D eigenvalue weighted by molar-refractivity contribution is 7.80. The van der Waals surface area contributed by atoms with Crippen molar-refractivity contribution in [3.8, 4) is 0 Å². The Hall–Kier alpha value is -2.40. The van der Waals surface area contributed by atoms with Crippen LogP contribution in [0.2, 0.25) is 0 Å². The normalized spacial score (nSPS) is 10.2. The fourth-order valence-electron chi connectivity index (χ4n) is 2.44. The number of hydrogen-bond acceptors (Lipinski definition) is 3. The standard InChI is InChI=1S/C19H22N2O2S/c1-23-18(22)12-13-20-19(24)21-14-17(15-8-4-2-5-9-15)16-10-6-3-7-11-16/h2-11,17H,12-14H2,1H3,(H2,20,21,24). The van der Waals surface area contributed by atoms with Gasteiger partial charge >= 0.3 is 5.97 Å². The second-order valence-electron chi connectivity index (χ2n) is 5.34. The van der Waals surface area contributed by atoms with Crippen LogP contribution in [0.5, 0.6) is 0 Å². The van der Waals surface area contributed by atoms with Crippen LogP contribution in [-0.4, -0.2) is 31.3 Å². The van der Waals surface area contributed by atoms with Crippen molar-refractivity contribution in [1.29, 1.82) is 0 Å². The number of carbonyl (C=O) groups excluding carboxylic acids is 1. The zero-order valence-electron chi connectivity index (χ0n) is 13.7. The van der Waals surface area contributed by atoms with Crippen molar-refractivity contribution < 1.29 is 9.53 Å². The molecule has 0 aliphatic carbocycles. The lowest BCUT2D eigenvalue weighted by Gasteiger charge is -2.20. The van der Waals surface area contributed by atoms with Crippen LogP contribution in [0.1, 0.15) is 23.5 Å². The molecule has 0 fully saturated rings. The number of methoxy groups -OCH3 is 1. The predicted octanol–water partition coefficient (Wildman–Crippen LogP) is 2.85. The van der Waals surface area contributed by atoms with E-state index in [-0.39, 0.29) is 11.9 Å². The fourth-order valence-corrected chi connectivity index (χ4v) is 2.62. The summed E-state index contributed by atoms with van der Waals surface area (Å²) in [6, 6.07) is 20.7. The van der Waals surface area contributed by atoms with Gasteiger partial charge in [0.25, 0.3) is 0 Å². The minimum absolute atomic E-state index is 0.202. The summed E-state index contributed by atoms with van der Waals surface area (Å²) in [7, 11) is 1.38. The van der Waals surface area contributed by atoms with E-state index in [1.54, 1.807) is 0 Å². The van der Waals surface area contributed by atoms with Crippen LogP contribution >= 0.6 is 12.2 Å². The number of rotatable bonds is 7. The van der Waals surface area contributed by atoms with E-state index in [0.29, 0.717) is 24.6 Å². The third-order valence-electron chi connectivity index (χ3n) is 3.71. The van der Waals surface area contributed by atoms with Crippen molar-refractivity contribution in [2.24, 2.45) is 0 Å². The fraction of sp³-hybridized carbons (Fsp3) is 0.263. The predicted molar refractivity (Wildman–Crippen MR) is 100.0 cm³/mol. The first-order chi connectivity index (χ1) is 11.7. The van der Waals surface area contributed by atoms with Crippen molar-refractivity contribution in [2.45, 2.75) is 12.3 Å². The lowest BCUT2D eigenvalue weighted by atomic mass is 9.91. The van der Waals surface area contributed by atoms with Gasteiger partial charge in [0.1, 0.15) is 0 Å². The van der Waals surface area contributed by atoms with Crippen molar-refractivity contribution in [3.63, 3.8) is 0 Å². The van der Waals surface area contributed by atoms with Crippen LogP contribution in [0.4, 0.5) is 0 Å². The number of esters is 1. The van der Waals surface area contributed by atoms with Gasteiger partial charge in [-0.05, 0) is 23.3 Å². The van der Waals surface area contributed by atoms with E-state index in [1.807, 2.05) is 36.4 Å². The van der Waals surface area contributed by atoms with Gasteiger partial charge < -0.3 is 15.4 Å². The molecule has 0 bridgehead atoms. The molecule has 2 N–H and O–H groups in total. The van der Waals surface area contributed by atoms with Gasteiger partial charge in [-0.25, -0.2) is 0 Å². The maximum Gasteiger partial charge on any atom is 0.307 e. The first kappa shape index (κ1) is 17.9. The molecule has 4 nitrogen and oxygen atoms in total. The molecule has 2 rings (SSSR count). The molecule has 126 valence electrons. The number of carbonyl (C=O) groups is 1. The molecule has 5 heteroatoms. The first-order valence-electron chi connectivity index (χ1n) is 7.89. The van der Waals surface area contributed by atoms with Crippen LogP contribution in [0.3, 0.4) is 0 Å². The smallest absolute Gasteiger partial charge is 0.307 e. The largest absolute Gasteiger partial charge is 0.469 e. The molecule has 0 aliphatic rings. The lowest BCUT2D eigenvalue weighted by molar-refractivity contribution is -0.140. The van der Waals surface area contributed by atoms with Crippen molar-refractivity contribution >= 4 is 23.3 Å². The highest BCUT2D eigenvalue weighted by Crippen LogP contribution is 2.23. The van der Waals surface area contributed by atoms with Gasteiger partial charge in [-0.1, -0.05) is 60.7 Å². The van der Waals surface area contributed by atoms with Crippen LogP contribution < -0.4 is 10.6 Å². The van der Waals surface area contributed by atoms with Gasteiger partial charge in [-0.3, -0.25) is 4.79 Å². The van der Waals surface area contributed by atoms with Crippen LogP contribution in [0, 0.1) is 0 Å². The second-order valence-corrected chi connectivity index (χ2v) is 5.75. The molecular formula is C19H22N2O2S. The summed E-state index contributed by atoms with van der Waals surface area (Å²) in [5, 5.41) is 6.80. The van der Waals surface area contributed by atoms with Gasteiger partial charge in [-0.15, -0.1) is 0 Å². The van der Waals surface area contributed by atoms with E-state index >= 15 is 0 Å². The third kappa shape index (κ3) is 5.66. The molecule has 0 heterocycles. The van der Waals surface area contributed by atoms with E-state index in [2.05, 4.69) is 39.6 Å². The average Bonchev–Trinajstić information content (AvgIpc) is 2.63. The number of ether oxygens (including phenoxy) is 1. The molecule has 0 unspecified atom stereocenters. The molecule has 0 atom stereocenters. The van der Waals surface area contributed by atoms with E-state index < -0.39 is 0 Å². The quantitative estimate of drug-likeness (QED) is 0.599. The minimum Gasteiger partial charge on any atom is -0.469 e. The monoisotopic (exact) mass is 342 g/mol. The van der Waals surface area contributed by atoms with E-state index in [1.165, 1.54) is 18.2 Å². The van der Waals surface area contributed by atoms with Gasteiger partial charge in [0.15, 0.2) is 5.11 Å². The Bertz CT molecular complexity index is 607.